The fraction of sp³-hybridized carbons (Fsp3) is 0.100. The van der Waals surface area contributed by atoms with E-state index in [0.29, 0.717) is 27.3 Å². The zero-order valence-corrected chi connectivity index (χ0v) is 15.5. The number of aryl methyl sites for hydroxylation is 1. The zero-order valence-electron chi connectivity index (χ0n) is 14.7. The summed E-state index contributed by atoms with van der Waals surface area (Å²) >= 11 is 6.08. The highest BCUT2D eigenvalue weighted by molar-refractivity contribution is 6.31. The summed E-state index contributed by atoms with van der Waals surface area (Å²) in [4.78, 5) is 29.3. The fourth-order valence-electron chi connectivity index (χ4n) is 2.92. The highest BCUT2D eigenvalue weighted by atomic mass is 35.5. The molecule has 28 heavy (non-hydrogen) atoms. The molecular formula is C20H16ClN5O2. The first-order chi connectivity index (χ1) is 13.6. The van der Waals surface area contributed by atoms with Crippen molar-refractivity contribution in [3.05, 3.63) is 82.6 Å². The summed E-state index contributed by atoms with van der Waals surface area (Å²) in [6.45, 7) is 0.222. The van der Waals surface area contributed by atoms with Gasteiger partial charge in [0.15, 0.2) is 0 Å². The average Bonchev–Trinajstić information content (AvgIpc) is 3.22. The Kier molecular flexibility index (Phi) is 4.90. The third kappa shape index (κ3) is 3.65. The normalized spacial score (nSPS) is 10.9. The summed E-state index contributed by atoms with van der Waals surface area (Å²) in [6, 6.07) is 14.1. The van der Waals surface area contributed by atoms with E-state index in [1.54, 1.807) is 59.5 Å². The predicted octanol–water partition coefficient (Wildman–Crippen LogP) is 3.26. The Bertz CT molecular complexity index is 1200. The summed E-state index contributed by atoms with van der Waals surface area (Å²) < 4.78 is 3.08. The van der Waals surface area contributed by atoms with Crippen LogP contribution in [0.25, 0.3) is 16.6 Å². The lowest BCUT2D eigenvalue weighted by Gasteiger charge is -2.12. The van der Waals surface area contributed by atoms with Crippen molar-refractivity contribution in [3.8, 4) is 5.69 Å². The second-order valence-corrected chi connectivity index (χ2v) is 6.61. The van der Waals surface area contributed by atoms with Crippen molar-refractivity contribution >= 4 is 34.1 Å². The molecule has 7 nitrogen and oxygen atoms in total. The third-order valence-electron chi connectivity index (χ3n) is 4.30. The summed E-state index contributed by atoms with van der Waals surface area (Å²) in [5.41, 5.74) is 1.71. The molecule has 8 heteroatoms. The summed E-state index contributed by atoms with van der Waals surface area (Å²) in [6.07, 6.45) is 5.01. The van der Waals surface area contributed by atoms with Crippen LogP contribution in [0.3, 0.4) is 0 Å². The van der Waals surface area contributed by atoms with Crippen molar-refractivity contribution in [3.63, 3.8) is 0 Å². The number of anilines is 1. The molecule has 0 aliphatic heterocycles. The molecule has 140 valence electrons. The Morgan fingerprint density at radius 1 is 1.14 bits per heavy atom. The molecule has 0 aliphatic carbocycles. The number of nitrogens with one attached hydrogen (secondary N) is 1. The van der Waals surface area contributed by atoms with Crippen LogP contribution < -0.4 is 10.9 Å². The van der Waals surface area contributed by atoms with Crippen molar-refractivity contribution < 1.29 is 4.79 Å². The number of carbonyl (C=O) groups is 1. The lowest BCUT2D eigenvalue weighted by Crippen LogP contribution is -2.24. The van der Waals surface area contributed by atoms with Gasteiger partial charge >= 0.3 is 0 Å². The molecule has 2 aromatic heterocycles. The van der Waals surface area contributed by atoms with Crippen molar-refractivity contribution in [2.24, 2.45) is 0 Å². The maximum atomic E-state index is 12.5. The molecule has 0 saturated carbocycles. The van der Waals surface area contributed by atoms with Gasteiger partial charge in [0, 0.05) is 30.4 Å². The number of halogens is 1. The summed E-state index contributed by atoms with van der Waals surface area (Å²) in [5, 5.41) is 8.06. The van der Waals surface area contributed by atoms with Crippen LogP contribution >= 0.6 is 11.6 Å². The van der Waals surface area contributed by atoms with Crippen molar-refractivity contribution in [2.45, 2.75) is 13.0 Å². The number of rotatable bonds is 5. The van der Waals surface area contributed by atoms with Crippen LogP contribution in [-0.4, -0.2) is 25.2 Å². The van der Waals surface area contributed by atoms with Gasteiger partial charge in [0.25, 0.3) is 5.56 Å². The van der Waals surface area contributed by atoms with Crippen molar-refractivity contribution in [1.29, 1.82) is 0 Å². The van der Waals surface area contributed by atoms with E-state index in [0.717, 1.165) is 0 Å². The van der Waals surface area contributed by atoms with Crippen LogP contribution in [0.5, 0.6) is 0 Å². The molecule has 4 rings (SSSR count). The first-order valence-electron chi connectivity index (χ1n) is 8.65. The van der Waals surface area contributed by atoms with Crippen LogP contribution in [0.4, 0.5) is 5.69 Å². The Hall–Kier alpha value is -3.45. The third-order valence-corrected chi connectivity index (χ3v) is 4.53. The standard InChI is InChI=1S/C20H16ClN5O2/c21-14-6-7-18(26-10-3-9-23-26)17(12-14)24-19(27)8-11-25-13-22-16-5-2-1-4-15(16)20(25)28/h1-7,9-10,12-13H,8,11H2,(H,24,27). The van der Waals surface area contributed by atoms with Gasteiger partial charge in [-0.25, -0.2) is 9.67 Å². The van der Waals surface area contributed by atoms with E-state index in [2.05, 4.69) is 15.4 Å². The lowest BCUT2D eigenvalue weighted by molar-refractivity contribution is -0.116. The fourth-order valence-corrected chi connectivity index (χ4v) is 3.09. The van der Waals surface area contributed by atoms with Crippen LogP contribution in [-0.2, 0) is 11.3 Å². The Balaban J connectivity index is 1.51. The van der Waals surface area contributed by atoms with E-state index in [1.165, 1.54) is 10.9 Å². The molecule has 1 N–H and O–H groups in total. The molecule has 4 aromatic rings. The molecule has 0 unspecified atom stereocenters. The highest BCUT2D eigenvalue weighted by Crippen LogP contribution is 2.24. The van der Waals surface area contributed by atoms with Gasteiger partial charge in [0.2, 0.25) is 5.91 Å². The molecular weight excluding hydrogens is 378 g/mol. The first kappa shape index (κ1) is 17.9. The van der Waals surface area contributed by atoms with E-state index in [-0.39, 0.29) is 24.4 Å². The number of para-hydroxylation sites is 1. The van der Waals surface area contributed by atoms with E-state index in [1.807, 2.05) is 6.07 Å². The molecule has 0 bridgehead atoms. The van der Waals surface area contributed by atoms with Gasteiger partial charge in [0.05, 0.1) is 28.6 Å². The molecule has 0 spiro atoms. The van der Waals surface area contributed by atoms with E-state index >= 15 is 0 Å². The molecule has 0 aliphatic rings. The van der Waals surface area contributed by atoms with Crippen LogP contribution in [0.1, 0.15) is 6.42 Å². The molecule has 0 saturated heterocycles. The van der Waals surface area contributed by atoms with Crippen LogP contribution in [0.15, 0.2) is 72.0 Å². The van der Waals surface area contributed by atoms with Crippen molar-refractivity contribution in [1.82, 2.24) is 19.3 Å². The second kappa shape index (κ2) is 7.66. The quantitative estimate of drug-likeness (QED) is 0.564. The van der Waals surface area contributed by atoms with Gasteiger partial charge in [0.1, 0.15) is 0 Å². The number of benzene rings is 2. The number of fused-ring (bicyclic) bond motifs is 1. The lowest BCUT2D eigenvalue weighted by atomic mass is 10.2. The smallest absolute Gasteiger partial charge is 0.261 e. The van der Waals surface area contributed by atoms with Crippen molar-refractivity contribution in [2.75, 3.05) is 5.32 Å². The number of amides is 1. The van der Waals surface area contributed by atoms with Gasteiger partial charge in [-0.05, 0) is 36.4 Å². The first-order valence-corrected chi connectivity index (χ1v) is 9.03. The number of nitrogens with zero attached hydrogens (tertiary/aromatic N) is 4. The number of hydrogen-bond donors (Lipinski definition) is 1. The topological polar surface area (TPSA) is 81.8 Å². The van der Waals surface area contributed by atoms with Gasteiger partial charge in [-0.15, -0.1) is 0 Å². The minimum absolute atomic E-state index is 0.116. The number of hydrogen-bond acceptors (Lipinski definition) is 4. The summed E-state index contributed by atoms with van der Waals surface area (Å²) in [7, 11) is 0. The zero-order chi connectivity index (χ0) is 19.5. The van der Waals surface area contributed by atoms with E-state index < -0.39 is 0 Å². The number of carbonyl (C=O) groups excluding carboxylic acids is 1. The van der Waals surface area contributed by atoms with Gasteiger partial charge in [-0.2, -0.15) is 5.10 Å². The summed E-state index contributed by atoms with van der Waals surface area (Å²) in [5.74, 6) is -0.240. The number of aromatic nitrogens is 4. The molecule has 0 atom stereocenters. The van der Waals surface area contributed by atoms with Crippen LogP contribution in [0.2, 0.25) is 5.02 Å². The minimum Gasteiger partial charge on any atom is -0.324 e. The maximum Gasteiger partial charge on any atom is 0.261 e. The SMILES string of the molecule is O=C(CCn1cnc2ccccc2c1=O)Nc1cc(Cl)ccc1-n1cccn1. The second-order valence-electron chi connectivity index (χ2n) is 6.17. The monoisotopic (exact) mass is 393 g/mol. The van der Waals surface area contributed by atoms with Gasteiger partial charge in [-0.3, -0.25) is 14.2 Å². The minimum atomic E-state index is -0.240. The van der Waals surface area contributed by atoms with Gasteiger partial charge in [-0.1, -0.05) is 23.7 Å². The maximum absolute atomic E-state index is 12.5. The van der Waals surface area contributed by atoms with Gasteiger partial charge < -0.3 is 5.32 Å². The average molecular weight is 394 g/mol. The van der Waals surface area contributed by atoms with E-state index in [9.17, 15) is 9.59 Å². The Morgan fingerprint density at radius 3 is 2.82 bits per heavy atom. The molecule has 2 aromatic carbocycles. The molecule has 0 fully saturated rings. The van der Waals surface area contributed by atoms with E-state index in [4.69, 9.17) is 11.6 Å². The van der Waals surface area contributed by atoms with Crippen LogP contribution in [0, 0.1) is 0 Å². The predicted molar refractivity (Wildman–Crippen MR) is 108 cm³/mol. The Labute approximate surface area is 165 Å². The molecule has 2 heterocycles. The molecule has 1 amide bonds. The molecule has 0 radical (unpaired) electrons. The largest absolute Gasteiger partial charge is 0.324 e. The Morgan fingerprint density at radius 2 is 2.00 bits per heavy atom. The highest BCUT2D eigenvalue weighted by Gasteiger charge is 2.11.